The Labute approximate surface area is 156 Å². The molecule has 0 radical (unpaired) electrons. The summed E-state index contributed by atoms with van der Waals surface area (Å²) in [5.41, 5.74) is 1.25. The number of piperidine rings is 1. The average Bonchev–Trinajstić information content (AvgIpc) is 3.40. The fourth-order valence-electron chi connectivity index (χ4n) is 3.84. The summed E-state index contributed by atoms with van der Waals surface area (Å²) in [6, 6.07) is 8.04. The first-order valence-corrected chi connectivity index (χ1v) is 10.9. The largest absolute Gasteiger partial charge is 0.370 e. The summed E-state index contributed by atoms with van der Waals surface area (Å²) >= 11 is 0. The van der Waals surface area contributed by atoms with Crippen molar-refractivity contribution in [3.63, 3.8) is 0 Å². The predicted molar refractivity (Wildman–Crippen MR) is 106 cm³/mol. The molecule has 2 fully saturated rings. The number of rotatable bonds is 2. The van der Waals surface area contributed by atoms with Gasteiger partial charge < -0.3 is 10.6 Å². The second-order valence-corrected chi connectivity index (χ2v) is 10.9. The summed E-state index contributed by atoms with van der Waals surface area (Å²) in [5, 5.41) is 6.97. The van der Waals surface area contributed by atoms with E-state index >= 15 is 0 Å². The Morgan fingerprint density at radius 2 is 1.88 bits per heavy atom. The molecule has 0 amide bonds. The van der Waals surface area contributed by atoms with Crippen LogP contribution >= 0.6 is 0 Å². The molecule has 142 valence electrons. The van der Waals surface area contributed by atoms with Crippen LogP contribution in [-0.2, 0) is 10.0 Å². The number of fused-ring (bicyclic) bond motifs is 1. The van der Waals surface area contributed by atoms with E-state index in [-0.39, 0.29) is 10.8 Å². The number of hydrogen-bond donors (Lipinski definition) is 2. The average molecular weight is 377 g/mol. The molecule has 2 aliphatic heterocycles. The lowest BCUT2D eigenvalue weighted by Gasteiger charge is -2.47. The van der Waals surface area contributed by atoms with Gasteiger partial charge in [0.2, 0.25) is 10.0 Å². The first-order valence-electron chi connectivity index (χ1n) is 9.43. The van der Waals surface area contributed by atoms with Gasteiger partial charge in [0.05, 0.1) is 22.2 Å². The van der Waals surface area contributed by atoms with Crippen molar-refractivity contribution in [2.24, 2.45) is 4.99 Å². The molecule has 1 unspecified atom stereocenters. The fraction of sp³-hybridized carbons (Fsp3) is 0.632. The zero-order valence-electron chi connectivity index (χ0n) is 15.7. The van der Waals surface area contributed by atoms with E-state index in [9.17, 15) is 8.42 Å². The number of nitrogens with zero attached hydrogens (tertiary/aromatic N) is 2. The molecule has 4 rings (SSSR count). The Morgan fingerprint density at radius 1 is 1.19 bits per heavy atom. The summed E-state index contributed by atoms with van der Waals surface area (Å²) in [5.74, 6) is 0.847. The number of amidine groups is 1. The number of nitrogens with one attached hydrogen (secondary N) is 2. The van der Waals surface area contributed by atoms with E-state index in [0.29, 0.717) is 13.1 Å². The molecule has 3 aliphatic rings. The van der Waals surface area contributed by atoms with Crippen molar-refractivity contribution in [1.29, 1.82) is 0 Å². The zero-order chi connectivity index (χ0) is 18.6. The summed E-state index contributed by atoms with van der Waals surface area (Å²) < 4.78 is 27.4. The van der Waals surface area contributed by atoms with Crippen molar-refractivity contribution in [3.05, 3.63) is 24.3 Å². The zero-order valence-corrected chi connectivity index (χ0v) is 16.6. The lowest BCUT2D eigenvalue weighted by Crippen LogP contribution is -2.63. The fourth-order valence-corrected chi connectivity index (χ4v) is 5.78. The van der Waals surface area contributed by atoms with Crippen LogP contribution in [0.2, 0.25) is 0 Å². The Balaban J connectivity index is 1.74. The molecule has 2 heterocycles. The highest BCUT2D eigenvalue weighted by molar-refractivity contribution is 7.90. The van der Waals surface area contributed by atoms with Crippen molar-refractivity contribution in [3.8, 4) is 0 Å². The van der Waals surface area contributed by atoms with Crippen LogP contribution < -0.4 is 10.6 Å². The van der Waals surface area contributed by atoms with Gasteiger partial charge in [-0.05, 0) is 58.6 Å². The van der Waals surface area contributed by atoms with Gasteiger partial charge in [0.1, 0.15) is 11.4 Å². The van der Waals surface area contributed by atoms with Gasteiger partial charge in [0.15, 0.2) is 0 Å². The van der Waals surface area contributed by atoms with Crippen LogP contribution in [0.25, 0.3) is 0 Å². The predicted octanol–water partition coefficient (Wildman–Crippen LogP) is 3.05. The maximum atomic E-state index is 12.8. The summed E-state index contributed by atoms with van der Waals surface area (Å²) in [7, 11) is -3.20. The monoisotopic (exact) mass is 376 g/mol. The van der Waals surface area contributed by atoms with Crippen molar-refractivity contribution in [2.45, 2.75) is 62.8 Å². The van der Waals surface area contributed by atoms with Crippen LogP contribution in [0.1, 0.15) is 46.5 Å². The number of benzene rings is 1. The quantitative estimate of drug-likeness (QED) is 0.832. The van der Waals surface area contributed by atoms with Gasteiger partial charge in [0.25, 0.3) is 0 Å². The van der Waals surface area contributed by atoms with Gasteiger partial charge in [-0.3, -0.25) is 4.99 Å². The van der Waals surface area contributed by atoms with Crippen LogP contribution in [0.15, 0.2) is 29.3 Å². The number of para-hydroxylation sites is 2. The van der Waals surface area contributed by atoms with E-state index in [4.69, 9.17) is 4.99 Å². The van der Waals surface area contributed by atoms with E-state index in [1.165, 1.54) is 0 Å². The summed E-state index contributed by atoms with van der Waals surface area (Å²) in [6.07, 6.45) is 3.28. The molecular weight excluding hydrogens is 348 g/mol. The standard InChI is InChI=1S/C19H28N4O2S/c1-18(2,3)22-17-19(21-16-8-5-4-7-15(16)20-17)11-6-12-23(13-19)26(24,25)14-9-10-14/h4-5,7-8,14,21H,6,9-13H2,1-3H3,(H,20,22). The Hall–Kier alpha value is -1.60. The summed E-state index contributed by atoms with van der Waals surface area (Å²) in [6.45, 7) is 7.24. The molecule has 7 heteroatoms. The molecule has 6 nitrogen and oxygen atoms in total. The topological polar surface area (TPSA) is 73.8 Å². The molecule has 0 aromatic heterocycles. The third kappa shape index (κ3) is 3.22. The number of hydrogen-bond acceptors (Lipinski definition) is 4. The maximum absolute atomic E-state index is 12.8. The smallest absolute Gasteiger partial charge is 0.217 e. The first-order chi connectivity index (χ1) is 12.2. The van der Waals surface area contributed by atoms with E-state index in [2.05, 4.69) is 31.4 Å². The lowest BCUT2D eigenvalue weighted by atomic mass is 9.85. The molecule has 1 saturated carbocycles. The highest BCUT2D eigenvalue weighted by Crippen LogP contribution is 2.39. The third-order valence-electron chi connectivity index (χ3n) is 5.22. The normalized spacial score (nSPS) is 28.5. The van der Waals surface area contributed by atoms with Crippen LogP contribution in [0.5, 0.6) is 0 Å². The molecule has 1 atom stereocenters. The van der Waals surface area contributed by atoms with Gasteiger partial charge in [-0.25, -0.2) is 8.42 Å². The van der Waals surface area contributed by atoms with Gasteiger partial charge in [-0.1, -0.05) is 12.1 Å². The molecule has 2 N–H and O–H groups in total. The number of aliphatic imine (C=N–C) groups is 1. The van der Waals surface area contributed by atoms with Crippen LogP contribution in [0, 0.1) is 0 Å². The minimum Gasteiger partial charge on any atom is -0.370 e. The first kappa shape index (κ1) is 17.8. The van der Waals surface area contributed by atoms with Gasteiger partial charge >= 0.3 is 0 Å². The summed E-state index contributed by atoms with van der Waals surface area (Å²) in [4.78, 5) is 4.94. The highest BCUT2D eigenvalue weighted by atomic mass is 32.2. The van der Waals surface area contributed by atoms with E-state index in [1.807, 2.05) is 24.3 Å². The van der Waals surface area contributed by atoms with Gasteiger partial charge in [0, 0.05) is 13.1 Å². The Bertz CT molecular complexity index is 839. The van der Waals surface area contributed by atoms with E-state index < -0.39 is 15.6 Å². The number of sulfonamides is 1. The van der Waals surface area contributed by atoms with Crippen LogP contribution in [0.4, 0.5) is 11.4 Å². The number of anilines is 2. The molecule has 1 aliphatic carbocycles. The second-order valence-electron chi connectivity index (χ2n) is 8.69. The van der Waals surface area contributed by atoms with Gasteiger partial charge in [-0.2, -0.15) is 4.31 Å². The lowest BCUT2D eigenvalue weighted by molar-refractivity contribution is 0.292. The Morgan fingerprint density at radius 3 is 2.54 bits per heavy atom. The molecule has 1 aromatic rings. The SMILES string of the molecule is CC(C)(C)N=C1Nc2ccccc2NC12CCCN(S(=O)(=O)C1CC1)C2. The van der Waals surface area contributed by atoms with Crippen molar-refractivity contribution < 1.29 is 8.42 Å². The molecule has 1 aromatic carbocycles. The Kier molecular flexibility index (Phi) is 4.08. The van der Waals surface area contributed by atoms with Crippen molar-refractivity contribution in [1.82, 2.24) is 4.31 Å². The van der Waals surface area contributed by atoms with Crippen LogP contribution in [-0.4, -0.2) is 48.0 Å². The van der Waals surface area contributed by atoms with E-state index in [1.54, 1.807) is 4.31 Å². The van der Waals surface area contributed by atoms with E-state index in [0.717, 1.165) is 42.9 Å². The molecular formula is C19H28N4O2S. The molecule has 1 spiro atoms. The van der Waals surface area contributed by atoms with Crippen molar-refractivity contribution in [2.75, 3.05) is 23.7 Å². The van der Waals surface area contributed by atoms with Gasteiger partial charge in [-0.15, -0.1) is 0 Å². The third-order valence-corrected chi connectivity index (χ3v) is 7.56. The molecule has 0 bridgehead atoms. The second kappa shape index (κ2) is 5.96. The van der Waals surface area contributed by atoms with Crippen molar-refractivity contribution >= 4 is 27.2 Å². The molecule has 1 saturated heterocycles. The minimum absolute atomic E-state index is 0.176. The maximum Gasteiger partial charge on any atom is 0.217 e. The van der Waals surface area contributed by atoms with Crippen LogP contribution in [0.3, 0.4) is 0 Å². The highest BCUT2D eigenvalue weighted by Gasteiger charge is 2.49. The minimum atomic E-state index is -3.20. The molecule has 26 heavy (non-hydrogen) atoms.